The average Bonchev–Trinajstić information content (AvgIpc) is 2.46. The van der Waals surface area contributed by atoms with E-state index in [0.717, 1.165) is 22.9 Å². The minimum absolute atomic E-state index is 0.735. The van der Waals surface area contributed by atoms with Gasteiger partial charge in [0.15, 0.2) is 0 Å². The molecule has 1 N–H and O–H groups in total. The molecule has 0 fully saturated rings. The first kappa shape index (κ1) is 10.3. The highest BCUT2D eigenvalue weighted by Gasteiger charge is 2.10. The molecule has 0 atom stereocenters. The van der Waals surface area contributed by atoms with Gasteiger partial charge in [-0.05, 0) is 33.0 Å². The molecule has 0 radical (unpaired) electrons. The van der Waals surface area contributed by atoms with Crippen LogP contribution in [0.25, 0.3) is 32.3 Å². The number of anilines is 1. The molecule has 0 aliphatic carbocycles. The third-order valence-corrected chi connectivity index (χ3v) is 3.72. The third kappa shape index (κ3) is 1.34. The second-order valence-corrected chi connectivity index (χ2v) is 4.73. The van der Waals surface area contributed by atoms with Gasteiger partial charge in [0.2, 0.25) is 6.41 Å². The molecule has 0 aliphatic heterocycles. The minimum Gasteiger partial charge on any atom is -0.328 e. The number of benzene rings is 4. The van der Waals surface area contributed by atoms with Crippen molar-refractivity contribution in [2.24, 2.45) is 0 Å². The van der Waals surface area contributed by atoms with Crippen LogP contribution in [0.4, 0.5) is 5.69 Å². The smallest absolute Gasteiger partial charge is 0.211 e. The van der Waals surface area contributed by atoms with E-state index in [0.29, 0.717) is 0 Å². The summed E-state index contributed by atoms with van der Waals surface area (Å²) in [6.07, 6.45) is 0.735. The van der Waals surface area contributed by atoms with E-state index in [4.69, 9.17) is 0 Å². The molecular formula is C17H11NO. The summed E-state index contributed by atoms with van der Waals surface area (Å²) in [7, 11) is 0. The molecule has 0 unspecified atom stereocenters. The van der Waals surface area contributed by atoms with Gasteiger partial charge in [-0.15, -0.1) is 0 Å². The van der Waals surface area contributed by atoms with Crippen LogP contribution in [0.5, 0.6) is 0 Å². The van der Waals surface area contributed by atoms with Crippen LogP contribution >= 0.6 is 0 Å². The summed E-state index contributed by atoms with van der Waals surface area (Å²) in [5.74, 6) is 0. The molecule has 0 saturated carbocycles. The highest BCUT2D eigenvalue weighted by atomic mass is 16.1. The summed E-state index contributed by atoms with van der Waals surface area (Å²) in [6, 6.07) is 18.8. The Hall–Kier alpha value is -2.61. The summed E-state index contributed by atoms with van der Waals surface area (Å²) >= 11 is 0. The lowest BCUT2D eigenvalue weighted by Gasteiger charge is -2.13. The first-order valence-electron chi connectivity index (χ1n) is 6.25. The molecule has 0 spiro atoms. The van der Waals surface area contributed by atoms with E-state index >= 15 is 0 Å². The molecule has 0 heterocycles. The fourth-order valence-corrected chi connectivity index (χ4v) is 2.94. The van der Waals surface area contributed by atoms with E-state index in [2.05, 4.69) is 41.7 Å². The number of hydrogen-bond acceptors (Lipinski definition) is 1. The maximum absolute atomic E-state index is 10.8. The Balaban J connectivity index is 2.35. The highest BCUT2D eigenvalue weighted by molar-refractivity contribution is 6.26. The molecule has 90 valence electrons. The fourth-order valence-electron chi connectivity index (χ4n) is 2.94. The van der Waals surface area contributed by atoms with Crippen LogP contribution < -0.4 is 5.32 Å². The Morgan fingerprint density at radius 2 is 1.47 bits per heavy atom. The molecule has 4 rings (SSSR count). The summed E-state index contributed by atoms with van der Waals surface area (Å²) < 4.78 is 0. The van der Waals surface area contributed by atoms with Crippen LogP contribution in [-0.2, 0) is 4.79 Å². The van der Waals surface area contributed by atoms with Gasteiger partial charge in [-0.3, -0.25) is 4.79 Å². The van der Waals surface area contributed by atoms with Gasteiger partial charge in [0.1, 0.15) is 0 Å². The van der Waals surface area contributed by atoms with Crippen molar-refractivity contribution < 1.29 is 4.79 Å². The van der Waals surface area contributed by atoms with Crippen molar-refractivity contribution in [3.63, 3.8) is 0 Å². The predicted octanol–water partition coefficient (Wildman–Crippen LogP) is 4.15. The molecule has 0 aromatic heterocycles. The number of carbonyl (C=O) groups excluding carboxylic acids is 1. The van der Waals surface area contributed by atoms with E-state index < -0.39 is 0 Å². The lowest BCUT2D eigenvalue weighted by molar-refractivity contribution is -0.105. The molecule has 2 nitrogen and oxygen atoms in total. The third-order valence-electron chi connectivity index (χ3n) is 3.72. The normalized spacial score (nSPS) is 11.4. The maximum Gasteiger partial charge on any atom is 0.211 e. The van der Waals surface area contributed by atoms with Gasteiger partial charge < -0.3 is 5.32 Å². The second kappa shape index (κ2) is 3.69. The van der Waals surface area contributed by atoms with Gasteiger partial charge in [-0.25, -0.2) is 0 Å². The Labute approximate surface area is 110 Å². The number of carbonyl (C=O) groups is 1. The standard InChI is InChI=1S/C17H11NO/c19-10-18-15-9-13-5-1-3-11-7-8-12-4-2-6-14(15)17(12)16(11)13/h1-10H,(H,18,19). The van der Waals surface area contributed by atoms with E-state index in [9.17, 15) is 4.79 Å². The highest BCUT2D eigenvalue weighted by Crippen LogP contribution is 2.38. The Morgan fingerprint density at radius 1 is 0.789 bits per heavy atom. The molecule has 0 saturated heterocycles. The van der Waals surface area contributed by atoms with Gasteiger partial charge in [0, 0.05) is 11.1 Å². The van der Waals surface area contributed by atoms with Crippen molar-refractivity contribution in [1.29, 1.82) is 0 Å². The molecule has 4 aromatic rings. The summed E-state index contributed by atoms with van der Waals surface area (Å²) in [5.41, 5.74) is 0.867. The first-order valence-corrected chi connectivity index (χ1v) is 6.25. The molecule has 1 amide bonds. The van der Waals surface area contributed by atoms with Crippen LogP contribution in [-0.4, -0.2) is 6.41 Å². The molecular weight excluding hydrogens is 234 g/mol. The van der Waals surface area contributed by atoms with Crippen molar-refractivity contribution in [3.05, 3.63) is 54.6 Å². The van der Waals surface area contributed by atoms with Gasteiger partial charge in [-0.2, -0.15) is 0 Å². The second-order valence-electron chi connectivity index (χ2n) is 4.73. The van der Waals surface area contributed by atoms with Gasteiger partial charge in [0.25, 0.3) is 0 Å². The zero-order chi connectivity index (χ0) is 12.8. The van der Waals surface area contributed by atoms with Crippen LogP contribution in [0, 0.1) is 0 Å². The van der Waals surface area contributed by atoms with Crippen molar-refractivity contribution in [1.82, 2.24) is 0 Å². The number of amides is 1. The zero-order valence-electron chi connectivity index (χ0n) is 10.2. The summed E-state index contributed by atoms with van der Waals surface area (Å²) in [6.45, 7) is 0. The average molecular weight is 245 g/mol. The molecule has 0 bridgehead atoms. The number of hydrogen-bond donors (Lipinski definition) is 1. The zero-order valence-corrected chi connectivity index (χ0v) is 10.2. The van der Waals surface area contributed by atoms with Crippen LogP contribution in [0.2, 0.25) is 0 Å². The van der Waals surface area contributed by atoms with Gasteiger partial charge in [-0.1, -0.05) is 48.5 Å². The SMILES string of the molecule is O=CNc1cc2cccc3ccc4cccc1c4c32. The topological polar surface area (TPSA) is 29.1 Å². The van der Waals surface area contributed by atoms with Crippen molar-refractivity contribution in [2.75, 3.05) is 5.32 Å². The van der Waals surface area contributed by atoms with Gasteiger partial charge >= 0.3 is 0 Å². The Kier molecular flexibility index (Phi) is 2.00. The summed E-state index contributed by atoms with van der Waals surface area (Å²) in [4.78, 5) is 10.8. The largest absolute Gasteiger partial charge is 0.328 e. The lowest BCUT2D eigenvalue weighted by Crippen LogP contribution is -1.96. The van der Waals surface area contributed by atoms with Gasteiger partial charge in [0.05, 0.1) is 0 Å². The van der Waals surface area contributed by atoms with Crippen molar-refractivity contribution in [2.45, 2.75) is 0 Å². The van der Waals surface area contributed by atoms with E-state index in [1.54, 1.807) is 0 Å². The van der Waals surface area contributed by atoms with Crippen molar-refractivity contribution >= 4 is 44.4 Å². The Morgan fingerprint density at radius 3 is 2.26 bits per heavy atom. The lowest BCUT2D eigenvalue weighted by atomic mass is 9.93. The molecule has 4 aromatic carbocycles. The molecule has 19 heavy (non-hydrogen) atoms. The monoisotopic (exact) mass is 245 g/mol. The van der Waals surface area contributed by atoms with E-state index in [1.807, 2.05) is 18.2 Å². The molecule has 0 aliphatic rings. The minimum atomic E-state index is 0.735. The quantitative estimate of drug-likeness (QED) is 0.417. The maximum atomic E-state index is 10.8. The fraction of sp³-hybridized carbons (Fsp3) is 0. The van der Waals surface area contributed by atoms with Crippen molar-refractivity contribution in [3.8, 4) is 0 Å². The van der Waals surface area contributed by atoms with Crippen LogP contribution in [0.3, 0.4) is 0 Å². The molecule has 2 heteroatoms. The van der Waals surface area contributed by atoms with Crippen LogP contribution in [0.1, 0.15) is 0 Å². The summed E-state index contributed by atoms with van der Waals surface area (Å²) in [5, 5.41) is 9.99. The number of rotatable bonds is 2. The first-order chi connectivity index (χ1) is 9.38. The van der Waals surface area contributed by atoms with Crippen LogP contribution in [0.15, 0.2) is 54.6 Å². The van der Waals surface area contributed by atoms with E-state index in [1.165, 1.54) is 21.5 Å². The predicted molar refractivity (Wildman–Crippen MR) is 79.8 cm³/mol. The Bertz CT molecular complexity index is 911. The van der Waals surface area contributed by atoms with E-state index in [-0.39, 0.29) is 0 Å². The number of nitrogens with one attached hydrogen (secondary N) is 1.